The first-order valence-corrected chi connectivity index (χ1v) is 5.20. The molecular weight excluding hydrogens is 202 g/mol. The molecule has 0 spiro atoms. The smallest absolute Gasteiger partial charge is 0.253 e. The number of carbonyl (C=O) groups is 1. The van der Waals surface area contributed by atoms with Gasteiger partial charge in [0, 0.05) is 24.3 Å². The van der Waals surface area contributed by atoms with Crippen molar-refractivity contribution in [1.82, 2.24) is 4.90 Å². The lowest BCUT2D eigenvalue weighted by atomic mass is 10.2. The Morgan fingerprint density at radius 3 is 2.56 bits per heavy atom. The molecule has 0 saturated heterocycles. The van der Waals surface area contributed by atoms with Crippen molar-refractivity contribution >= 4 is 11.6 Å². The Balaban J connectivity index is 2.75. The highest BCUT2D eigenvalue weighted by Crippen LogP contribution is 2.08. The maximum atomic E-state index is 12.0. The Hall–Kier alpha value is -2.02. The minimum atomic E-state index is -0.0576. The van der Waals surface area contributed by atoms with Gasteiger partial charge in [-0.25, -0.2) is 0 Å². The third-order valence-corrected chi connectivity index (χ3v) is 2.32. The van der Waals surface area contributed by atoms with E-state index in [0.29, 0.717) is 30.8 Å². The molecule has 1 aromatic carbocycles. The molecule has 1 amide bonds. The molecule has 4 heteroatoms. The number of nitriles is 1. The summed E-state index contributed by atoms with van der Waals surface area (Å²) in [6.45, 7) is 2.97. The number of nitrogen functional groups attached to an aromatic ring is 1. The number of anilines is 1. The lowest BCUT2D eigenvalue weighted by Crippen LogP contribution is -2.31. The molecule has 1 rings (SSSR count). The van der Waals surface area contributed by atoms with E-state index in [0.717, 1.165) is 0 Å². The van der Waals surface area contributed by atoms with Gasteiger partial charge in [0.05, 0.1) is 12.5 Å². The van der Waals surface area contributed by atoms with Gasteiger partial charge < -0.3 is 10.6 Å². The molecule has 0 saturated carbocycles. The molecule has 0 unspecified atom stereocenters. The van der Waals surface area contributed by atoms with Crippen LogP contribution in [0.3, 0.4) is 0 Å². The Labute approximate surface area is 95.3 Å². The van der Waals surface area contributed by atoms with Crippen molar-refractivity contribution in [2.24, 2.45) is 0 Å². The zero-order valence-corrected chi connectivity index (χ0v) is 9.31. The molecular formula is C12H15N3O. The normalized spacial score (nSPS) is 9.50. The van der Waals surface area contributed by atoms with Gasteiger partial charge in [-0.15, -0.1) is 0 Å². The van der Waals surface area contributed by atoms with Crippen molar-refractivity contribution in [3.8, 4) is 6.07 Å². The fraction of sp³-hybridized carbons (Fsp3) is 0.333. The van der Waals surface area contributed by atoms with Gasteiger partial charge in [-0.2, -0.15) is 5.26 Å². The highest BCUT2D eigenvalue weighted by Gasteiger charge is 2.12. The van der Waals surface area contributed by atoms with Crippen molar-refractivity contribution in [3.63, 3.8) is 0 Å². The molecule has 0 fully saturated rings. The topological polar surface area (TPSA) is 70.1 Å². The van der Waals surface area contributed by atoms with Crippen LogP contribution >= 0.6 is 0 Å². The average molecular weight is 217 g/mol. The van der Waals surface area contributed by atoms with Crippen molar-refractivity contribution < 1.29 is 4.79 Å². The summed E-state index contributed by atoms with van der Waals surface area (Å²) in [6, 6.07) is 8.84. The summed E-state index contributed by atoms with van der Waals surface area (Å²) in [5, 5.41) is 8.49. The number of benzene rings is 1. The van der Waals surface area contributed by atoms with E-state index in [1.807, 2.05) is 13.0 Å². The van der Waals surface area contributed by atoms with E-state index in [1.165, 1.54) is 0 Å². The first-order chi connectivity index (χ1) is 7.69. The number of carbonyl (C=O) groups excluding carboxylic acids is 1. The summed E-state index contributed by atoms with van der Waals surface area (Å²) >= 11 is 0. The van der Waals surface area contributed by atoms with Gasteiger partial charge in [-0.3, -0.25) is 4.79 Å². The van der Waals surface area contributed by atoms with E-state index in [2.05, 4.69) is 0 Å². The molecule has 1 aromatic rings. The van der Waals surface area contributed by atoms with Gasteiger partial charge in [0.25, 0.3) is 5.91 Å². The molecule has 0 aromatic heterocycles. The molecule has 2 N–H and O–H groups in total. The zero-order chi connectivity index (χ0) is 12.0. The van der Waals surface area contributed by atoms with Gasteiger partial charge in [0.15, 0.2) is 0 Å². The molecule has 4 nitrogen and oxygen atoms in total. The first-order valence-electron chi connectivity index (χ1n) is 5.20. The first kappa shape index (κ1) is 12.1. The summed E-state index contributed by atoms with van der Waals surface area (Å²) in [6.07, 6.45) is 0.356. The number of nitrogens with two attached hydrogens (primary N) is 1. The quantitative estimate of drug-likeness (QED) is 0.779. The Bertz CT molecular complexity index is 392. The van der Waals surface area contributed by atoms with Gasteiger partial charge in [-0.1, -0.05) is 0 Å². The van der Waals surface area contributed by atoms with Crippen LogP contribution in [0, 0.1) is 11.3 Å². The Morgan fingerprint density at radius 1 is 1.44 bits per heavy atom. The van der Waals surface area contributed by atoms with Crippen LogP contribution in [0.5, 0.6) is 0 Å². The maximum absolute atomic E-state index is 12.0. The van der Waals surface area contributed by atoms with E-state index in [-0.39, 0.29) is 5.91 Å². The van der Waals surface area contributed by atoms with Gasteiger partial charge >= 0.3 is 0 Å². The van der Waals surface area contributed by atoms with Gasteiger partial charge in [-0.05, 0) is 31.2 Å². The van der Waals surface area contributed by atoms with Crippen molar-refractivity contribution in [1.29, 1.82) is 5.26 Å². The van der Waals surface area contributed by atoms with Crippen LogP contribution in [0.4, 0.5) is 5.69 Å². The molecule has 0 aliphatic heterocycles. The van der Waals surface area contributed by atoms with Crippen molar-refractivity contribution in [3.05, 3.63) is 29.8 Å². The van der Waals surface area contributed by atoms with E-state index in [9.17, 15) is 4.79 Å². The fourth-order valence-electron chi connectivity index (χ4n) is 1.40. The SMILES string of the molecule is CCN(CCC#N)C(=O)c1ccc(N)cc1. The van der Waals surface area contributed by atoms with Crippen LogP contribution < -0.4 is 5.73 Å². The third-order valence-electron chi connectivity index (χ3n) is 2.32. The lowest BCUT2D eigenvalue weighted by Gasteiger charge is -2.19. The van der Waals surface area contributed by atoms with E-state index < -0.39 is 0 Å². The van der Waals surface area contributed by atoms with Crippen molar-refractivity contribution in [2.45, 2.75) is 13.3 Å². The van der Waals surface area contributed by atoms with Gasteiger partial charge in [0.2, 0.25) is 0 Å². The summed E-state index contributed by atoms with van der Waals surface area (Å²) in [4.78, 5) is 13.6. The third kappa shape index (κ3) is 2.99. The minimum Gasteiger partial charge on any atom is -0.399 e. The van der Waals surface area contributed by atoms with Crippen LogP contribution in [0.1, 0.15) is 23.7 Å². The molecule has 0 heterocycles. The number of nitrogens with zero attached hydrogens (tertiary/aromatic N) is 2. The molecule has 0 aliphatic rings. The second-order valence-electron chi connectivity index (χ2n) is 3.41. The predicted octanol–water partition coefficient (Wildman–Crippen LogP) is 1.64. The summed E-state index contributed by atoms with van der Waals surface area (Å²) in [5.41, 5.74) is 6.79. The minimum absolute atomic E-state index is 0.0576. The summed E-state index contributed by atoms with van der Waals surface area (Å²) in [5.74, 6) is -0.0576. The van der Waals surface area contributed by atoms with Gasteiger partial charge in [0.1, 0.15) is 0 Å². The number of amides is 1. The Kier molecular flexibility index (Phi) is 4.34. The van der Waals surface area contributed by atoms with Crippen LogP contribution in [-0.4, -0.2) is 23.9 Å². The Morgan fingerprint density at radius 2 is 2.06 bits per heavy atom. The molecule has 0 aliphatic carbocycles. The van der Waals surface area contributed by atoms with Crippen molar-refractivity contribution in [2.75, 3.05) is 18.8 Å². The molecule has 84 valence electrons. The average Bonchev–Trinajstić information content (AvgIpc) is 2.30. The summed E-state index contributed by atoms with van der Waals surface area (Å²) in [7, 11) is 0. The van der Waals surface area contributed by atoms with Crippen LogP contribution in [0.25, 0.3) is 0 Å². The molecule has 0 radical (unpaired) electrons. The monoisotopic (exact) mass is 217 g/mol. The second kappa shape index (κ2) is 5.76. The highest BCUT2D eigenvalue weighted by molar-refractivity contribution is 5.94. The maximum Gasteiger partial charge on any atom is 0.253 e. The second-order valence-corrected chi connectivity index (χ2v) is 3.41. The molecule has 0 bridgehead atoms. The largest absolute Gasteiger partial charge is 0.399 e. The standard InChI is InChI=1S/C12H15N3O/c1-2-15(9-3-8-13)12(16)10-4-6-11(14)7-5-10/h4-7H,2-3,9,14H2,1H3. The van der Waals surface area contributed by atoms with Crippen LogP contribution in [0.2, 0.25) is 0 Å². The fourth-order valence-corrected chi connectivity index (χ4v) is 1.40. The van der Waals surface area contributed by atoms with E-state index in [4.69, 9.17) is 11.0 Å². The molecule has 16 heavy (non-hydrogen) atoms. The zero-order valence-electron chi connectivity index (χ0n) is 9.31. The van der Waals surface area contributed by atoms with E-state index in [1.54, 1.807) is 29.2 Å². The summed E-state index contributed by atoms with van der Waals surface area (Å²) < 4.78 is 0. The number of rotatable bonds is 4. The molecule has 0 atom stereocenters. The van der Waals surface area contributed by atoms with Crippen LogP contribution in [0.15, 0.2) is 24.3 Å². The number of hydrogen-bond donors (Lipinski definition) is 1. The van der Waals surface area contributed by atoms with E-state index >= 15 is 0 Å². The predicted molar refractivity (Wildman–Crippen MR) is 62.7 cm³/mol. The number of hydrogen-bond acceptors (Lipinski definition) is 3. The lowest BCUT2D eigenvalue weighted by molar-refractivity contribution is 0.0768. The van der Waals surface area contributed by atoms with Crippen LogP contribution in [-0.2, 0) is 0 Å². The highest BCUT2D eigenvalue weighted by atomic mass is 16.2.